The van der Waals surface area contributed by atoms with Crippen LogP contribution in [-0.2, 0) is 28.5 Å². The van der Waals surface area contributed by atoms with Gasteiger partial charge in [0.2, 0.25) is 0 Å². The summed E-state index contributed by atoms with van der Waals surface area (Å²) in [6.07, 6.45) is 15.1. The van der Waals surface area contributed by atoms with Crippen LogP contribution in [0.1, 0.15) is 131 Å². The Balaban J connectivity index is 1.13. The van der Waals surface area contributed by atoms with Crippen molar-refractivity contribution in [3.05, 3.63) is 23.3 Å². The number of esters is 2. The first-order valence-electron chi connectivity index (χ1n) is 19.2. The van der Waals surface area contributed by atoms with Gasteiger partial charge in [0, 0.05) is 11.5 Å². The number of epoxide rings is 2. The quantitative estimate of drug-likeness (QED) is 0.178. The van der Waals surface area contributed by atoms with Crippen LogP contribution in [0.3, 0.4) is 0 Å². The summed E-state index contributed by atoms with van der Waals surface area (Å²) in [6, 6.07) is 0. The predicted octanol–water partition coefficient (Wildman–Crippen LogP) is 7.23. The number of ether oxygens (including phenoxy) is 4. The van der Waals surface area contributed by atoms with Gasteiger partial charge in [0.1, 0.15) is 12.2 Å². The molecule has 0 spiro atoms. The van der Waals surface area contributed by atoms with Crippen LogP contribution in [-0.4, -0.2) is 80.5 Å². The minimum absolute atomic E-state index is 0.0702. The fraction of sp³-hybridized carbons (Fsp3) is 0.850. The molecule has 4 heterocycles. The van der Waals surface area contributed by atoms with Crippen LogP contribution in [0, 0.1) is 23.7 Å². The molecule has 0 aromatic rings. The van der Waals surface area contributed by atoms with E-state index in [0.29, 0.717) is 37.2 Å². The molecule has 6 aliphatic rings. The molecule has 0 saturated carbocycles. The van der Waals surface area contributed by atoms with E-state index >= 15 is 0 Å². The molecule has 4 aliphatic heterocycles. The van der Waals surface area contributed by atoms with Crippen LogP contribution < -0.4 is 0 Å². The minimum atomic E-state index is -1.10. The number of fused-ring (bicyclic) bond motifs is 6. The number of hydrogen-bond donors (Lipinski definition) is 2. The van der Waals surface area contributed by atoms with E-state index in [1.807, 2.05) is 13.8 Å². The van der Waals surface area contributed by atoms with Crippen molar-refractivity contribution in [2.24, 2.45) is 23.7 Å². The van der Waals surface area contributed by atoms with E-state index < -0.39 is 23.4 Å². The molecule has 49 heavy (non-hydrogen) atoms. The van der Waals surface area contributed by atoms with Crippen LogP contribution in [0.25, 0.3) is 0 Å². The van der Waals surface area contributed by atoms with Gasteiger partial charge in [-0.1, -0.05) is 23.3 Å². The standard InChI is InChI=1S/C40H62O8S/c1-25-9-7-17-37(3,43)33-21-27(15-19-39(5)31(47-39)13-11-25)29(35(41)45-33)23-49-24-30-28-16-20-40(6)32(48-40)14-12-26(2)10-8-18-38(4,44)34(22-28)46-36(30)42/h9-10,27-34,43-44H,7-8,11-24H2,1-6H3/b25-9+,26-10+/t27-,28-,29+,30+,31+,32+,33+,34+,37+,38+,39+,40+/m1/s1. The number of rotatable bonds is 4. The molecule has 9 heteroatoms. The summed E-state index contributed by atoms with van der Waals surface area (Å²) in [6.45, 7) is 12.3. The molecular formula is C40H62O8S. The molecule has 0 amide bonds. The molecule has 4 saturated heterocycles. The SMILES string of the molecule is C/C1=C\CC[C@](C)(O)[C@@H]2C[C@@H](CC[C@]3(C)O[C@H]3CC1)[C@H](CSC[C@@H]1C(=O)O[C@H]3C[C@H]1CC[C@]1(C)O[C@H]1CC/C(C)=C/CC[C@]3(C)O)C(=O)O2. The Kier molecular flexibility index (Phi) is 11.1. The van der Waals surface area contributed by atoms with Gasteiger partial charge in [0.15, 0.2) is 0 Å². The zero-order valence-electron chi connectivity index (χ0n) is 30.8. The van der Waals surface area contributed by atoms with Gasteiger partial charge in [-0.2, -0.15) is 11.8 Å². The summed E-state index contributed by atoms with van der Waals surface area (Å²) in [5, 5.41) is 22.9. The third kappa shape index (κ3) is 8.81. The number of hydrogen-bond acceptors (Lipinski definition) is 9. The summed E-state index contributed by atoms with van der Waals surface area (Å²) >= 11 is 1.65. The van der Waals surface area contributed by atoms with Gasteiger partial charge in [-0.15, -0.1) is 0 Å². The fourth-order valence-corrected chi connectivity index (χ4v) is 10.6. The van der Waals surface area contributed by atoms with Gasteiger partial charge in [-0.05, 0) is 143 Å². The summed E-state index contributed by atoms with van der Waals surface area (Å²) in [4.78, 5) is 27.4. The number of allylic oxidation sites excluding steroid dienone is 4. The first-order valence-corrected chi connectivity index (χ1v) is 20.3. The van der Waals surface area contributed by atoms with Crippen molar-refractivity contribution in [1.29, 1.82) is 0 Å². The molecule has 0 aromatic carbocycles. The third-order valence-electron chi connectivity index (χ3n) is 13.3. The molecule has 0 unspecified atom stereocenters. The molecule has 0 radical (unpaired) electrons. The zero-order valence-corrected chi connectivity index (χ0v) is 31.7. The van der Waals surface area contributed by atoms with E-state index in [9.17, 15) is 19.8 Å². The van der Waals surface area contributed by atoms with Crippen molar-refractivity contribution in [2.75, 3.05) is 11.5 Å². The van der Waals surface area contributed by atoms with E-state index in [4.69, 9.17) is 18.9 Å². The molecule has 4 fully saturated rings. The lowest BCUT2D eigenvalue weighted by molar-refractivity contribution is -0.184. The highest BCUT2D eigenvalue weighted by Crippen LogP contribution is 2.49. The molecule has 6 rings (SSSR count). The van der Waals surface area contributed by atoms with Crippen LogP contribution in [0.5, 0.6) is 0 Å². The number of carbonyl (C=O) groups excluding carboxylic acids is 2. The summed E-state index contributed by atoms with van der Waals surface area (Å²) < 4.78 is 24.5. The van der Waals surface area contributed by atoms with Crippen LogP contribution >= 0.6 is 11.8 Å². The van der Waals surface area contributed by atoms with E-state index in [0.717, 1.165) is 64.2 Å². The monoisotopic (exact) mass is 702 g/mol. The van der Waals surface area contributed by atoms with Crippen LogP contribution in [0.15, 0.2) is 23.3 Å². The maximum atomic E-state index is 13.7. The fourth-order valence-electron chi connectivity index (χ4n) is 9.10. The van der Waals surface area contributed by atoms with Crippen LogP contribution in [0.4, 0.5) is 0 Å². The molecule has 4 bridgehead atoms. The zero-order chi connectivity index (χ0) is 35.2. The van der Waals surface area contributed by atoms with Gasteiger partial charge in [-0.25, -0.2) is 0 Å². The highest BCUT2D eigenvalue weighted by molar-refractivity contribution is 7.99. The van der Waals surface area contributed by atoms with E-state index in [1.54, 1.807) is 11.8 Å². The van der Waals surface area contributed by atoms with E-state index in [1.165, 1.54) is 11.1 Å². The summed E-state index contributed by atoms with van der Waals surface area (Å²) in [7, 11) is 0. The first-order chi connectivity index (χ1) is 23.1. The third-order valence-corrected chi connectivity index (χ3v) is 14.4. The second-order valence-corrected chi connectivity index (χ2v) is 18.6. The van der Waals surface area contributed by atoms with Crippen LogP contribution in [0.2, 0.25) is 0 Å². The smallest absolute Gasteiger partial charge is 0.310 e. The Labute approximate surface area is 298 Å². The Morgan fingerprint density at radius 1 is 0.653 bits per heavy atom. The van der Waals surface area contributed by atoms with Crippen molar-refractivity contribution in [3.8, 4) is 0 Å². The average molecular weight is 703 g/mol. The molecule has 8 nitrogen and oxygen atoms in total. The number of thioether (sulfide) groups is 1. The topological polar surface area (TPSA) is 118 Å². The number of carbonyl (C=O) groups is 2. The normalized spacial score (nSPS) is 48.8. The van der Waals surface area contributed by atoms with Crippen molar-refractivity contribution in [2.45, 2.75) is 178 Å². The Morgan fingerprint density at radius 3 is 1.47 bits per heavy atom. The molecule has 2 N–H and O–H groups in total. The van der Waals surface area contributed by atoms with Gasteiger partial charge in [0.05, 0.1) is 46.4 Å². The van der Waals surface area contributed by atoms with E-state index in [2.05, 4.69) is 39.8 Å². The molecule has 2 aliphatic carbocycles. The van der Waals surface area contributed by atoms with Gasteiger partial charge >= 0.3 is 11.9 Å². The molecule has 276 valence electrons. The van der Waals surface area contributed by atoms with Gasteiger partial charge < -0.3 is 29.2 Å². The highest BCUT2D eigenvalue weighted by atomic mass is 32.2. The minimum Gasteiger partial charge on any atom is -0.459 e. The lowest BCUT2D eigenvalue weighted by Crippen LogP contribution is -2.51. The largest absolute Gasteiger partial charge is 0.459 e. The maximum Gasteiger partial charge on any atom is 0.310 e. The number of aliphatic hydroxyl groups is 2. The predicted molar refractivity (Wildman–Crippen MR) is 191 cm³/mol. The van der Waals surface area contributed by atoms with E-state index in [-0.39, 0.29) is 59.0 Å². The molecular weight excluding hydrogens is 640 g/mol. The second kappa shape index (κ2) is 14.6. The van der Waals surface area contributed by atoms with Gasteiger partial charge in [-0.3, -0.25) is 9.59 Å². The lowest BCUT2D eigenvalue weighted by Gasteiger charge is -2.42. The van der Waals surface area contributed by atoms with Crippen molar-refractivity contribution in [3.63, 3.8) is 0 Å². The average Bonchev–Trinajstić information content (AvgIpc) is 3.90. The molecule has 0 aromatic heterocycles. The van der Waals surface area contributed by atoms with Crippen molar-refractivity contribution in [1.82, 2.24) is 0 Å². The molecule has 12 atom stereocenters. The second-order valence-electron chi connectivity index (χ2n) is 17.5. The Hall–Kier alpha value is -1.39. The first kappa shape index (κ1) is 37.4. The maximum absolute atomic E-state index is 13.7. The van der Waals surface area contributed by atoms with Crippen molar-refractivity contribution < 1.29 is 38.7 Å². The Bertz CT molecular complexity index is 1190. The van der Waals surface area contributed by atoms with Gasteiger partial charge in [0.25, 0.3) is 0 Å². The lowest BCUT2D eigenvalue weighted by atomic mass is 9.76. The summed E-state index contributed by atoms with van der Waals surface area (Å²) in [5.74, 6) is 0.186. The highest BCUT2D eigenvalue weighted by Gasteiger charge is 2.54. The summed E-state index contributed by atoms with van der Waals surface area (Å²) in [5.41, 5.74) is 0.123. The van der Waals surface area contributed by atoms with Crippen molar-refractivity contribution >= 4 is 23.7 Å². The Morgan fingerprint density at radius 2 is 1.06 bits per heavy atom.